The molecule has 0 saturated heterocycles. The van der Waals surface area contributed by atoms with Crippen LogP contribution in [-0.2, 0) is 10.3 Å². The quantitative estimate of drug-likeness (QED) is 0.829. The van der Waals surface area contributed by atoms with Gasteiger partial charge in [0.1, 0.15) is 22.8 Å². The van der Waals surface area contributed by atoms with E-state index in [-0.39, 0.29) is 28.5 Å². The third kappa shape index (κ3) is 3.98. The van der Waals surface area contributed by atoms with Gasteiger partial charge in [-0.25, -0.2) is 18.2 Å². The molecule has 9 heteroatoms. The van der Waals surface area contributed by atoms with E-state index in [1.54, 1.807) is 19.9 Å². The van der Waals surface area contributed by atoms with E-state index in [9.17, 15) is 18.0 Å². The van der Waals surface area contributed by atoms with Crippen LogP contribution in [0.4, 0.5) is 18.9 Å². The first-order valence-corrected chi connectivity index (χ1v) is 8.26. The minimum absolute atomic E-state index is 0.0504. The van der Waals surface area contributed by atoms with Gasteiger partial charge in [-0.2, -0.15) is 0 Å². The Morgan fingerprint density at radius 3 is 2.64 bits per heavy atom. The summed E-state index contributed by atoms with van der Waals surface area (Å²) in [4.78, 5) is 20.2. The Morgan fingerprint density at radius 2 is 2.04 bits per heavy atom. The number of carbonyl (C=O) groups is 1. The Balaban J connectivity index is 1.87. The molecular weight excluding hydrogens is 373 g/mol. The molecular formula is C19H17F3N4O2. The number of hydrogen-bond donors (Lipinski definition) is 2. The summed E-state index contributed by atoms with van der Waals surface area (Å²) in [6.07, 6.45) is -0.129. The summed E-state index contributed by atoms with van der Waals surface area (Å²) in [6, 6.07) is 6.20. The number of amides is 1. The maximum Gasteiger partial charge on any atom is 0.288 e. The number of aliphatic imine (C=N–C) groups is 1. The van der Waals surface area contributed by atoms with Crippen molar-refractivity contribution in [2.75, 3.05) is 5.32 Å². The molecule has 3 N–H and O–H groups in total. The second-order valence-corrected chi connectivity index (χ2v) is 6.38. The number of nitrogens with one attached hydrogen (secondary N) is 1. The largest absolute Gasteiger partial charge is 0.431 e. The number of ether oxygens (including phenoxy) is 1. The summed E-state index contributed by atoms with van der Waals surface area (Å²) < 4.78 is 44.8. The van der Waals surface area contributed by atoms with Crippen LogP contribution in [0.3, 0.4) is 0 Å². The Labute approximate surface area is 158 Å². The van der Waals surface area contributed by atoms with Crippen LogP contribution < -0.4 is 11.1 Å². The molecule has 1 aromatic carbocycles. The first kappa shape index (κ1) is 19.4. The summed E-state index contributed by atoms with van der Waals surface area (Å²) >= 11 is 0. The van der Waals surface area contributed by atoms with Gasteiger partial charge in [-0.15, -0.1) is 0 Å². The molecule has 1 aliphatic heterocycles. The van der Waals surface area contributed by atoms with Crippen molar-refractivity contribution in [2.24, 2.45) is 10.7 Å². The molecule has 0 radical (unpaired) electrons. The van der Waals surface area contributed by atoms with Crippen LogP contribution in [-0.4, -0.2) is 16.9 Å². The Kier molecular flexibility index (Phi) is 5.08. The number of benzene rings is 1. The highest BCUT2D eigenvalue weighted by molar-refractivity contribution is 6.02. The highest BCUT2D eigenvalue weighted by Gasteiger charge is 2.31. The third-order valence-electron chi connectivity index (χ3n) is 4.13. The standard InChI is InChI=1S/C19H17F3N4O2/c1-10-8-19(2,26-18(23)28-10)13-7-12(4-5-14(13)20)25-17(27)15-6-3-11(9-24-15)16(21)22/h3-9,16H,1-2H3,(H2,23,26)(H,25,27)/t19-/m0/s1. The molecule has 2 heterocycles. The molecule has 1 aliphatic rings. The van der Waals surface area contributed by atoms with Gasteiger partial charge < -0.3 is 15.8 Å². The van der Waals surface area contributed by atoms with Gasteiger partial charge >= 0.3 is 0 Å². The van der Waals surface area contributed by atoms with E-state index >= 15 is 0 Å². The number of nitrogens with zero attached hydrogens (tertiary/aromatic N) is 2. The molecule has 1 amide bonds. The van der Waals surface area contributed by atoms with Crippen molar-refractivity contribution in [1.29, 1.82) is 0 Å². The van der Waals surface area contributed by atoms with Gasteiger partial charge in [0.15, 0.2) is 0 Å². The van der Waals surface area contributed by atoms with Crippen molar-refractivity contribution in [3.8, 4) is 0 Å². The van der Waals surface area contributed by atoms with Crippen molar-refractivity contribution >= 4 is 17.6 Å². The number of carbonyl (C=O) groups excluding carboxylic acids is 1. The molecule has 0 aliphatic carbocycles. The van der Waals surface area contributed by atoms with Crippen molar-refractivity contribution in [3.63, 3.8) is 0 Å². The maximum absolute atomic E-state index is 14.5. The van der Waals surface area contributed by atoms with Gasteiger partial charge in [0.25, 0.3) is 18.4 Å². The highest BCUT2D eigenvalue weighted by atomic mass is 19.3. The fourth-order valence-electron chi connectivity index (χ4n) is 2.87. The van der Waals surface area contributed by atoms with E-state index in [2.05, 4.69) is 15.3 Å². The lowest BCUT2D eigenvalue weighted by atomic mass is 9.90. The summed E-state index contributed by atoms with van der Waals surface area (Å²) in [5.74, 6) is -0.695. The number of aromatic nitrogens is 1. The topological polar surface area (TPSA) is 89.6 Å². The number of rotatable bonds is 4. The highest BCUT2D eigenvalue weighted by Crippen LogP contribution is 2.34. The molecule has 0 unspecified atom stereocenters. The molecule has 2 aromatic rings. The minimum Gasteiger partial charge on any atom is -0.431 e. The van der Waals surface area contributed by atoms with E-state index in [0.29, 0.717) is 5.76 Å². The zero-order chi connectivity index (χ0) is 20.5. The van der Waals surface area contributed by atoms with Gasteiger partial charge in [0.05, 0.1) is 0 Å². The van der Waals surface area contributed by atoms with Crippen molar-refractivity contribution in [3.05, 3.63) is 71.0 Å². The monoisotopic (exact) mass is 390 g/mol. The molecule has 6 nitrogen and oxygen atoms in total. The van der Waals surface area contributed by atoms with Crippen molar-refractivity contribution in [2.45, 2.75) is 25.8 Å². The van der Waals surface area contributed by atoms with Gasteiger partial charge in [-0.05, 0) is 50.3 Å². The molecule has 0 saturated carbocycles. The van der Waals surface area contributed by atoms with E-state index in [4.69, 9.17) is 10.5 Å². The van der Waals surface area contributed by atoms with E-state index in [1.807, 2.05) is 0 Å². The van der Waals surface area contributed by atoms with Gasteiger partial charge in [-0.3, -0.25) is 9.78 Å². The first-order chi connectivity index (χ1) is 13.2. The number of amidine groups is 1. The second-order valence-electron chi connectivity index (χ2n) is 6.38. The number of nitrogens with two attached hydrogens (primary N) is 1. The lowest BCUT2D eigenvalue weighted by Crippen LogP contribution is -2.30. The minimum atomic E-state index is -2.67. The number of anilines is 1. The van der Waals surface area contributed by atoms with Crippen LogP contribution in [0.25, 0.3) is 0 Å². The summed E-state index contributed by atoms with van der Waals surface area (Å²) in [5.41, 5.74) is 4.66. The Morgan fingerprint density at radius 1 is 1.29 bits per heavy atom. The predicted octanol–water partition coefficient (Wildman–Crippen LogP) is 3.87. The lowest BCUT2D eigenvalue weighted by Gasteiger charge is -2.27. The molecule has 146 valence electrons. The van der Waals surface area contributed by atoms with Crippen molar-refractivity contribution in [1.82, 2.24) is 4.98 Å². The molecule has 0 fully saturated rings. The number of hydrogen-bond acceptors (Lipinski definition) is 5. The zero-order valence-electron chi connectivity index (χ0n) is 15.0. The van der Waals surface area contributed by atoms with Crippen LogP contribution in [0.15, 0.2) is 53.4 Å². The van der Waals surface area contributed by atoms with Crippen LogP contribution in [0.1, 0.15) is 41.9 Å². The SMILES string of the molecule is CC1=C[C@@](C)(c2cc(NC(=O)c3ccc(C(F)F)cn3)ccc2F)N=C(N)O1. The zero-order valence-corrected chi connectivity index (χ0v) is 15.0. The van der Waals surface area contributed by atoms with Crippen molar-refractivity contribution < 1.29 is 22.7 Å². The Hall–Kier alpha value is -3.36. The Bertz CT molecular complexity index is 954. The summed E-state index contributed by atoms with van der Waals surface area (Å²) in [6.45, 7) is 3.32. The smallest absolute Gasteiger partial charge is 0.288 e. The van der Waals surface area contributed by atoms with E-state index in [1.165, 1.54) is 24.3 Å². The van der Waals surface area contributed by atoms with Crippen LogP contribution in [0.5, 0.6) is 0 Å². The molecule has 1 aromatic heterocycles. The first-order valence-electron chi connectivity index (χ1n) is 8.26. The molecule has 0 bridgehead atoms. The third-order valence-corrected chi connectivity index (χ3v) is 4.13. The van der Waals surface area contributed by atoms with Crippen LogP contribution >= 0.6 is 0 Å². The van der Waals surface area contributed by atoms with E-state index in [0.717, 1.165) is 12.3 Å². The van der Waals surface area contributed by atoms with Gasteiger partial charge in [0, 0.05) is 23.0 Å². The fraction of sp³-hybridized carbons (Fsp3) is 0.211. The van der Waals surface area contributed by atoms with Gasteiger partial charge in [0.2, 0.25) is 0 Å². The molecule has 28 heavy (non-hydrogen) atoms. The van der Waals surface area contributed by atoms with Gasteiger partial charge in [-0.1, -0.05) is 0 Å². The lowest BCUT2D eigenvalue weighted by molar-refractivity contribution is 0.102. The maximum atomic E-state index is 14.5. The average Bonchev–Trinajstić information content (AvgIpc) is 2.62. The molecule has 3 rings (SSSR count). The number of alkyl halides is 2. The number of allylic oxidation sites excluding steroid dienone is 1. The fourth-order valence-corrected chi connectivity index (χ4v) is 2.87. The van der Waals surface area contributed by atoms with Crippen LogP contribution in [0, 0.1) is 5.82 Å². The number of halogens is 3. The second kappa shape index (κ2) is 7.34. The predicted molar refractivity (Wildman–Crippen MR) is 97.4 cm³/mol. The summed E-state index contributed by atoms with van der Waals surface area (Å²) in [7, 11) is 0. The van der Waals surface area contributed by atoms with Crippen LogP contribution in [0.2, 0.25) is 0 Å². The average molecular weight is 390 g/mol. The molecule has 0 spiro atoms. The number of pyridine rings is 1. The summed E-state index contributed by atoms with van der Waals surface area (Å²) in [5, 5.41) is 2.57. The van der Waals surface area contributed by atoms with E-state index < -0.39 is 23.7 Å². The normalized spacial score (nSPS) is 18.9. The molecule has 1 atom stereocenters.